The summed E-state index contributed by atoms with van der Waals surface area (Å²) in [6.45, 7) is 9.66. The molecule has 3 aromatic rings. The molecular formula is C27H29ClF3N3. The fraction of sp³-hybridized carbons (Fsp3) is 0.296. The molecule has 1 aliphatic rings. The van der Waals surface area contributed by atoms with Crippen molar-refractivity contribution in [1.82, 2.24) is 9.88 Å². The van der Waals surface area contributed by atoms with Crippen molar-refractivity contribution in [2.75, 3.05) is 11.4 Å². The molecule has 0 bridgehead atoms. The smallest absolute Gasteiger partial charge is 0.352 e. The molecule has 2 aromatic carbocycles. The zero-order valence-corrected chi connectivity index (χ0v) is 20.2. The van der Waals surface area contributed by atoms with Crippen molar-refractivity contribution in [3.63, 3.8) is 0 Å². The minimum atomic E-state index is -4.40. The highest BCUT2D eigenvalue weighted by molar-refractivity contribution is 6.30. The third-order valence-corrected chi connectivity index (χ3v) is 5.90. The van der Waals surface area contributed by atoms with E-state index in [0.29, 0.717) is 29.5 Å². The maximum atomic E-state index is 13.3. The normalized spacial score (nSPS) is 15.8. The number of unbranched alkanes of at least 4 members (excludes halogenated alkanes) is 1. The first-order valence-corrected chi connectivity index (χ1v) is 11.7. The highest BCUT2D eigenvalue weighted by Crippen LogP contribution is 2.41. The molecule has 0 radical (unpaired) electrons. The van der Waals surface area contributed by atoms with Crippen LogP contribution in [0.5, 0.6) is 0 Å². The number of hydrogen-bond donors (Lipinski definition) is 0. The summed E-state index contributed by atoms with van der Waals surface area (Å²) in [5.41, 5.74) is 1.74. The lowest BCUT2D eigenvalue weighted by atomic mass is 10.0. The molecule has 7 heteroatoms. The Morgan fingerprint density at radius 1 is 1.03 bits per heavy atom. The SMILES string of the molecule is C=C1N(Cc2cccnc2)CC(c2cccc(C(F)(F)F)c2)N1c1ccc(Cl)cc1.CCCC. The number of nitrogens with zero attached hydrogens (tertiary/aromatic N) is 3. The van der Waals surface area contributed by atoms with Gasteiger partial charge >= 0.3 is 6.18 Å². The Kier molecular flexibility index (Phi) is 8.61. The zero-order valence-electron chi connectivity index (χ0n) is 19.4. The molecule has 1 atom stereocenters. The molecule has 180 valence electrons. The third-order valence-electron chi connectivity index (χ3n) is 5.65. The molecular weight excluding hydrogens is 459 g/mol. The van der Waals surface area contributed by atoms with E-state index in [1.54, 1.807) is 30.6 Å². The molecule has 1 aromatic heterocycles. The van der Waals surface area contributed by atoms with Crippen molar-refractivity contribution in [1.29, 1.82) is 0 Å². The van der Waals surface area contributed by atoms with Crippen molar-refractivity contribution in [2.45, 2.75) is 45.5 Å². The van der Waals surface area contributed by atoms with Crippen LogP contribution in [0.15, 0.2) is 85.5 Å². The third kappa shape index (κ3) is 6.32. The van der Waals surface area contributed by atoms with E-state index in [-0.39, 0.29) is 6.04 Å². The maximum absolute atomic E-state index is 13.3. The summed E-state index contributed by atoms with van der Waals surface area (Å²) in [6.07, 6.45) is 1.72. The summed E-state index contributed by atoms with van der Waals surface area (Å²) in [6, 6.07) is 16.2. The molecule has 34 heavy (non-hydrogen) atoms. The van der Waals surface area contributed by atoms with Crippen LogP contribution in [0.2, 0.25) is 5.02 Å². The molecule has 0 amide bonds. The van der Waals surface area contributed by atoms with Crippen LogP contribution in [0, 0.1) is 0 Å². The number of aromatic nitrogens is 1. The van der Waals surface area contributed by atoms with Gasteiger partial charge < -0.3 is 9.80 Å². The summed E-state index contributed by atoms with van der Waals surface area (Å²) >= 11 is 6.03. The molecule has 4 rings (SSSR count). The lowest BCUT2D eigenvalue weighted by Crippen LogP contribution is -2.23. The van der Waals surface area contributed by atoms with Crippen LogP contribution in [0.3, 0.4) is 0 Å². The number of hydrogen-bond acceptors (Lipinski definition) is 3. The van der Waals surface area contributed by atoms with Gasteiger partial charge in [-0.15, -0.1) is 0 Å². The van der Waals surface area contributed by atoms with Crippen molar-refractivity contribution in [3.8, 4) is 0 Å². The Morgan fingerprint density at radius 2 is 1.74 bits per heavy atom. The fourth-order valence-corrected chi connectivity index (χ4v) is 3.83. The fourth-order valence-electron chi connectivity index (χ4n) is 3.70. The van der Waals surface area contributed by atoms with E-state index in [1.807, 2.05) is 29.2 Å². The highest BCUT2D eigenvalue weighted by Gasteiger charge is 2.37. The second-order valence-electron chi connectivity index (χ2n) is 8.14. The van der Waals surface area contributed by atoms with Gasteiger partial charge in [-0.05, 0) is 53.6 Å². The first kappa shape index (κ1) is 25.6. The number of benzene rings is 2. The topological polar surface area (TPSA) is 19.4 Å². The van der Waals surface area contributed by atoms with Crippen molar-refractivity contribution in [2.24, 2.45) is 0 Å². The first-order chi connectivity index (χ1) is 16.2. The highest BCUT2D eigenvalue weighted by atomic mass is 35.5. The van der Waals surface area contributed by atoms with E-state index >= 15 is 0 Å². The van der Waals surface area contributed by atoms with Crippen LogP contribution in [0.4, 0.5) is 18.9 Å². The van der Waals surface area contributed by atoms with Crippen molar-refractivity contribution < 1.29 is 13.2 Å². The van der Waals surface area contributed by atoms with Gasteiger partial charge in [0.15, 0.2) is 0 Å². The zero-order chi connectivity index (χ0) is 24.7. The average molecular weight is 488 g/mol. The van der Waals surface area contributed by atoms with Gasteiger partial charge in [0.2, 0.25) is 0 Å². The van der Waals surface area contributed by atoms with Gasteiger partial charge in [0, 0.05) is 36.2 Å². The summed E-state index contributed by atoms with van der Waals surface area (Å²) in [5.74, 6) is 0.712. The molecule has 1 unspecified atom stereocenters. The van der Waals surface area contributed by atoms with E-state index in [0.717, 1.165) is 17.3 Å². The predicted molar refractivity (Wildman–Crippen MR) is 132 cm³/mol. The Hall–Kier alpha value is -2.99. The molecule has 0 spiro atoms. The monoisotopic (exact) mass is 487 g/mol. The van der Waals surface area contributed by atoms with Crippen LogP contribution < -0.4 is 4.90 Å². The molecule has 0 saturated carbocycles. The van der Waals surface area contributed by atoms with Gasteiger partial charge in [-0.25, -0.2) is 0 Å². The Balaban J connectivity index is 0.000000751. The number of rotatable bonds is 5. The Bertz CT molecular complexity index is 1070. The summed E-state index contributed by atoms with van der Waals surface area (Å²) in [7, 11) is 0. The molecule has 1 aliphatic heterocycles. The van der Waals surface area contributed by atoms with Crippen LogP contribution in [0.25, 0.3) is 0 Å². The molecule has 2 heterocycles. The van der Waals surface area contributed by atoms with Gasteiger partial charge in [0.25, 0.3) is 0 Å². The second kappa shape index (κ2) is 11.4. The van der Waals surface area contributed by atoms with E-state index in [4.69, 9.17) is 11.6 Å². The van der Waals surface area contributed by atoms with Crippen LogP contribution in [-0.2, 0) is 12.7 Å². The predicted octanol–water partition coefficient (Wildman–Crippen LogP) is 8.09. The standard InChI is InChI=1S/C23H19ClF3N3.C4H10/c1-16-29(14-17-4-3-11-28-13-17)15-22(30(16)21-9-7-20(24)8-10-21)18-5-2-6-19(12-18)23(25,26)27;1-3-4-2/h2-13,22H,1,14-15H2;3-4H2,1-2H3. The largest absolute Gasteiger partial charge is 0.416 e. The van der Waals surface area contributed by atoms with Crippen molar-refractivity contribution in [3.05, 3.63) is 107 Å². The lowest BCUT2D eigenvalue weighted by Gasteiger charge is -2.27. The summed E-state index contributed by atoms with van der Waals surface area (Å²) in [5, 5.41) is 0.589. The van der Waals surface area contributed by atoms with E-state index in [9.17, 15) is 13.2 Å². The average Bonchev–Trinajstić information content (AvgIpc) is 3.16. The summed E-state index contributed by atoms with van der Waals surface area (Å²) < 4.78 is 39.9. The van der Waals surface area contributed by atoms with Crippen molar-refractivity contribution >= 4 is 17.3 Å². The molecule has 0 N–H and O–H groups in total. The Labute approximate surface area is 204 Å². The van der Waals surface area contributed by atoms with Crippen LogP contribution in [-0.4, -0.2) is 16.4 Å². The first-order valence-electron chi connectivity index (χ1n) is 11.3. The van der Waals surface area contributed by atoms with Crippen LogP contribution >= 0.6 is 11.6 Å². The maximum Gasteiger partial charge on any atom is 0.416 e. The number of anilines is 1. The van der Waals surface area contributed by atoms with E-state index in [1.165, 1.54) is 25.0 Å². The summed E-state index contributed by atoms with van der Waals surface area (Å²) in [4.78, 5) is 8.16. The number of halogens is 4. The second-order valence-corrected chi connectivity index (χ2v) is 8.58. The van der Waals surface area contributed by atoms with Gasteiger partial charge in [-0.3, -0.25) is 4.98 Å². The van der Waals surface area contributed by atoms with Gasteiger partial charge in [-0.2, -0.15) is 13.2 Å². The van der Waals surface area contributed by atoms with E-state index < -0.39 is 11.7 Å². The van der Waals surface area contributed by atoms with Gasteiger partial charge in [0.05, 0.1) is 11.6 Å². The minimum Gasteiger partial charge on any atom is -0.352 e. The Morgan fingerprint density at radius 3 is 2.32 bits per heavy atom. The number of alkyl halides is 3. The van der Waals surface area contributed by atoms with Gasteiger partial charge in [0.1, 0.15) is 5.82 Å². The van der Waals surface area contributed by atoms with E-state index in [2.05, 4.69) is 30.3 Å². The molecule has 1 saturated heterocycles. The molecule has 1 fully saturated rings. The molecule has 0 aliphatic carbocycles. The quantitative estimate of drug-likeness (QED) is 0.362. The number of pyridine rings is 1. The lowest BCUT2D eigenvalue weighted by molar-refractivity contribution is -0.137. The van der Waals surface area contributed by atoms with Crippen LogP contribution in [0.1, 0.15) is 49.4 Å². The minimum absolute atomic E-state index is 0.322. The van der Waals surface area contributed by atoms with Gasteiger partial charge in [-0.1, -0.05) is 63.1 Å². The molecule has 3 nitrogen and oxygen atoms in total.